The minimum absolute atomic E-state index is 0.0884. The van der Waals surface area contributed by atoms with E-state index in [1.807, 2.05) is 31.1 Å². The van der Waals surface area contributed by atoms with E-state index in [4.69, 9.17) is 20.9 Å². The lowest BCUT2D eigenvalue weighted by Crippen LogP contribution is -2.09. The van der Waals surface area contributed by atoms with E-state index < -0.39 is 5.97 Å². The lowest BCUT2D eigenvalue weighted by Gasteiger charge is -2.12. The molecule has 2 aromatic carbocycles. The summed E-state index contributed by atoms with van der Waals surface area (Å²) in [5.74, 6) is 0.192. The molecule has 0 aliphatic carbocycles. The number of aromatic nitrogens is 2. The molecular formula is C18H16ClN3O3. The standard InChI is InChI=1S/C18H16ClN3O3/c1-22(2)15-9-5-13(6-10-15)18(23)24-11-16-20-17(21-25-16)12-3-7-14(19)8-4-12/h3-10H,11H2,1-2H3. The second-order valence-corrected chi connectivity index (χ2v) is 5.97. The van der Waals surface area contributed by atoms with Crippen LogP contribution in [0.15, 0.2) is 53.1 Å². The summed E-state index contributed by atoms with van der Waals surface area (Å²) < 4.78 is 10.3. The summed E-state index contributed by atoms with van der Waals surface area (Å²) >= 11 is 5.85. The molecule has 0 unspecified atom stereocenters. The predicted molar refractivity (Wildman–Crippen MR) is 94.6 cm³/mol. The van der Waals surface area contributed by atoms with Crippen LogP contribution in [0.5, 0.6) is 0 Å². The number of ether oxygens (including phenoxy) is 1. The average Bonchev–Trinajstić information content (AvgIpc) is 3.09. The van der Waals surface area contributed by atoms with Crippen LogP contribution in [-0.2, 0) is 11.3 Å². The molecule has 0 bridgehead atoms. The van der Waals surface area contributed by atoms with E-state index in [-0.39, 0.29) is 12.5 Å². The van der Waals surface area contributed by atoms with E-state index in [1.54, 1.807) is 36.4 Å². The fraction of sp³-hybridized carbons (Fsp3) is 0.167. The third kappa shape index (κ3) is 4.16. The van der Waals surface area contributed by atoms with Gasteiger partial charge in [0.1, 0.15) is 0 Å². The van der Waals surface area contributed by atoms with E-state index in [9.17, 15) is 4.79 Å². The molecule has 0 radical (unpaired) electrons. The van der Waals surface area contributed by atoms with Crippen molar-refractivity contribution >= 4 is 23.3 Å². The number of benzene rings is 2. The molecule has 0 atom stereocenters. The first-order valence-electron chi connectivity index (χ1n) is 7.56. The number of rotatable bonds is 5. The summed E-state index contributed by atoms with van der Waals surface area (Å²) in [7, 11) is 3.86. The van der Waals surface area contributed by atoms with Crippen molar-refractivity contribution in [3.63, 3.8) is 0 Å². The van der Waals surface area contributed by atoms with Crippen molar-refractivity contribution in [2.24, 2.45) is 0 Å². The highest BCUT2D eigenvalue weighted by Gasteiger charge is 2.12. The van der Waals surface area contributed by atoms with Gasteiger partial charge in [0.25, 0.3) is 5.89 Å². The molecular weight excluding hydrogens is 342 g/mol. The Bertz CT molecular complexity index is 858. The van der Waals surface area contributed by atoms with Gasteiger partial charge in [0.05, 0.1) is 5.56 Å². The van der Waals surface area contributed by atoms with Gasteiger partial charge in [0.15, 0.2) is 6.61 Å². The number of carbonyl (C=O) groups excluding carboxylic acids is 1. The minimum Gasteiger partial charge on any atom is -0.452 e. The SMILES string of the molecule is CN(C)c1ccc(C(=O)OCc2nc(-c3ccc(Cl)cc3)no2)cc1. The van der Waals surface area contributed by atoms with Gasteiger partial charge >= 0.3 is 5.97 Å². The molecule has 25 heavy (non-hydrogen) atoms. The van der Waals surface area contributed by atoms with Crippen LogP contribution < -0.4 is 4.90 Å². The van der Waals surface area contributed by atoms with Crippen molar-refractivity contribution in [3.05, 3.63) is 65.0 Å². The van der Waals surface area contributed by atoms with Gasteiger partial charge in [-0.1, -0.05) is 16.8 Å². The zero-order chi connectivity index (χ0) is 17.8. The molecule has 0 saturated carbocycles. The first-order valence-corrected chi connectivity index (χ1v) is 7.94. The van der Waals surface area contributed by atoms with Crippen molar-refractivity contribution in [2.75, 3.05) is 19.0 Å². The van der Waals surface area contributed by atoms with Gasteiger partial charge in [0, 0.05) is 30.4 Å². The molecule has 1 aromatic heterocycles. The summed E-state index contributed by atoms with van der Waals surface area (Å²) in [5.41, 5.74) is 2.23. The highest BCUT2D eigenvalue weighted by Crippen LogP contribution is 2.19. The number of esters is 1. The van der Waals surface area contributed by atoms with E-state index in [1.165, 1.54) is 0 Å². The average molecular weight is 358 g/mol. The Morgan fingerprint density at radius 1 is 1.12 bits per heavy atom. The molecule has 7 heteroatoms. The molecule has 3 aromatic rings. The molecule has 0 N–H and O–H groups in total. The van der Waals surface area contributed by atoms with Gasteiger partial charge in [-0.3, -0.25) is 0 Å². The van der Waals surface area contributed by atoms with Crippen molar-refractivity contribution < 1.29 is 14.1 Å². The zero-order valence-corrected chi connectivity index (χ0v) is 14.5. The second kappa shape index (κ2) is 7.36. The molecule has 128 valence electrons. The monoisotopic (exact) mass is 357 g/mol. The Kier molecular flexibility index (Phi) is 5.00. The third-order valence-electron chi connectivity index (χ3n) is 3.52. The van der Waals surface area contributed by atoms with Gasteiger partial charge in [-0.05, 0) is 48.5 Å². The minimum atomic E-state index is -0.448. The number of halogens is 1. The molecule has 0 spiro atoms. The fourth-order valence-corrected chi connectivity index (χ4v) is 2.26. The molecule has 0 amide bonds. The van der Waals surface area contributed by atoms with E-state index >= 15 is 0 Å². The van der Waals surface area contributed by atoms with Crippen molar-refractivity contribution in [1.82, 2.24) is 10.1 Å². The molecule has 6 nitrogen and oxygen atoms in total. The van der Waals surface area contributed by atoms with Crippen molar-refractivity contribution in [3.8, 4) is 11.4 Å². The second-order valence-electron chi connectivity index (χ2n) is 5.54. The van der Waals surface area contributed by atoms with Crippen LogP contribution in [0.3, 0.4) is 0 Å². The molecule has 0 aliphatic rings. The van der Waals surface area contributed by atoms with Crippen LogP contribution in [0.4, 0.5) is 5.69 Å². The predicted octanol–water partition coefficient (Wildman–Crippen LogP) is 3.81. The first-order chi connectivity index (χ1) is 12.0. The smallest absolute Gasteiger partial charge is 0.338 e. The Labute approximate surface area is 150 Å². The number of anilines is 1. The first kappa shape index (κ1) is 17.0. The maximum absolute atomic E-state index is 12.1. The van der Waals surface area contributed by atoms with Crippen LogP contribution in [0.2, 0.25) is 5.02 Å². The van der Waals surface area contributed by atoms with Crippen LogP contribution in [0.25, 0.3) is 11.4 Å². The maximum atomic E-state index is 12.1. The summed E-state index contributed by atoms with van der Waals surface area (Å²) in [6, 6.07) is 14.2. The number of hydrogen-bond donors (Lipinski definition) is 0. The zero-order valence-electron chi connectivity index (χ0n) is 13.8. The van der Waals surface area contributed by atoms with Crippen LogP contribution >= 0.6 is 11.6 Å². The summed E-state index contributed by atoms with van der Waals surface area (Å²) in [5, 5.41) is 4.50. The summed E-state index contributed by atoms with van der Waals surface area (Å²) in [6.07, 6.45) is 0. The fourth-order valence-electron chi connectivity index (χ4n) is 2.14. The lowest BCUT2D eigenvalue weighted by molar-refractivity contribution is 0.0430. The molecule has 1 heterocycles. The quantitative estimate of drug-likeness (QED) is 0.647. The van der Waals surface area contributed by atoms with Crippen LogP contribution in [0.1, 0.15) is 16.2 Å². The van der Waals surface area contributed by atoms with Gasteiger partial charge < -0.3 is 14.2 Å². The Morgan fingerprint density at radius 2 is 1.80 bits per heavy atom. The Morgan fingerprint density at radius 3 is 2.44 bits per heavy atom. The number of hydrogen-bond acceptors (Lipinski definition) is 6. The third-order valence-corrected chi connectivity index (χ3v) is 3.77. The largest absolute Gasteiger partial charge is 0.452 e. The van der Waals surface area contributed by atoms with Crippen molar-refractivity contribution in [1.29, 1.82) is 0 Å². The van der Waals surface area contributed by atoms with Gasteiger partial charge in [-0.2, -0.15) is 4.98 Å². The van der Waals surface area contributed by atoms with Crippen LogP contribution in [-0.4, -0.2) is 30.2 Å². The highest BCUT2D eigenvalue weighted by atomic mass is 35.5. The normalized spacial score (nSPS) is 10.5. The molecule has 3 rings (SSSR count). The maximum Gasteiger partial charge on any atom is 0.338 e. The highest BCUT2D eigenvalue weighted by molar-refractivity contribution is 6.30. The molecule has 0 aliphatic heterocycles. The lowest BCUT2D eigenvalue weighted by atomic mass is 10.2. The van der Waals surface area contributed by atoms with E-state index in [0.717, 1.165) is 11.3 Å². The van der Waals surface area contributed by atoms with Crippen LogP contribution in [0, 0.1) is 0 Å². The van der Waals surface area contributed by atoms with E-state index in [0.29, 0.717) is 16.4 Å². The topological polar surface area (TPSA) is 68.5 Å². The summed E-state index contributed by atoms with van der Waals surface area (Å²) in [4.78, 5) is 18.2. The number of nitrogens with zero attached hydrogens (tertiary/aromatic N) is 3. The van der Waals surface area contributed by atoms with Gasteiger partial charge in [-0.15, -0.1) is 0 Å². The Hall–Kier alpha value is -2.86. The van der Waals surface area contributed by atoms with Gasteiger partial charge in [-0.25, -0.2) is 4.79 Å². The Balaban J connectivity index is 1.61. The molecule has 0 fully saturated rings. The van der Waals surface area contributed by atoms with Gasteiger partial charge in [0.2, 0.25) is 5.82 Å². The number of carbonyl (C=O) groups is 1. The molecule has 0 saturated heterocycles. The summed E-state index contributed by atoms with van der Waals surface area (Å²) in [6.45, 7) is -0.0884. The van der Waals surface area contributed by atoms with Crippen molar-refractivity contribution in [2.45, 2.75) is 6.61 Å². The van der Waals surface area contributed by atoms with E-state index in [2.05, 4.69) is 10.1 Å².